The van der Waals surface area contributed by atoms with Crippen molar-refractivity contribution in [1.82, 2.24) is 20.2 Å². The van der Waals surface area contributed by atoms with Crippen molar-refractivity contribution in [1.29, 1.82) is 0 Å². The molecule has 1 fully saturated rings. The zero-order valence-corrected chi connectivity index (χ0v) is 13.0. The predicted molar refractivity (Wildman–Crippen MR) is 83.8 cm³/mol. The Labute approximate surface area is 125 Å². The first kappa shape index (κ1) is 14.0. The van der Waals surface area contributed by atoms with E-state index < -0.39 is 0 Å². The maximum absolute atomic E-state index is 4.08. The highest BCUT2D eigenvalue weighted by molar-refractivity contribution is 5.62. The lowest BCUT2D eigenvalue weighted by molar-refractivity contribution is 0.268. The fourth-order valence-electron chi connectivity index (χ4n) is 3.38. The van der Waals surface area contributed by atoms with Crippen molar-refractivity contribution in [2.75, 3.05) is 5.32 Å². The predicted octanol–water partition coefficient (Wildman–Crippen LogP) is 3.11. The minimum atomic E-state index is 0.548. The Hall–Kier alpha value is -1.91. The van der Waals surface area contributed by atoms with Crippen molar-refractivity contribution in [3.63, 3.8) is 0 Å². The van der Waals surface area contributed by atoms with Gasteiger partial charge in [-0.1, -0.05) is 32.4 Å². The van der Waals surface area contributed by atoms with Crippen LogP contribution in [0.3, 0.4) is 0 Å². The normalized spacial score (nSPS) is 25.8. The van der Waals surface area contributed by atoms with Gasteiger partial charge < -0.3 is 5.32 Å². The van der Waals surface area contributed by atoms with Crippen LogP contribution in [0.25, 0.3) is 11.4 Å². The summed E-state index contributed by atoms with van der Waals surface area (Å²) in [5.41, 5.74) is 2.20. The zero-order chi connectivity index (χ0) is 14.8. The number of aryl methyl sites for hydroxylation is 1. The molecule has 2 atom stereocenters. The van der Waals surface area contributed by atoms with Crippen molar-refractivity contribution < 1.29 is 0 Å². The third-order valence-corrected chi connectivity index (χ3v) is 4.62. The molecule has 21 heavy (non-hydrogen) atoms. The van der Waals surface area contributed by atoms with Gasteiger partial charge in [-0.05, 0) is 47.2 Å². The molecule has 5 heteroatoms. The van der Waals surface area contributed by atoms with Crippen LogP contribution in [0.5, 0.6) is 0 Å². The van der Waals surface area contributed by atoms with Crippen LogP contribution >= 0.6 is 0 Å². The van der Waals surface area contributed by atoms with Gasteiger partial charge >= 0.3 is 0 Å². The molecule has 0 saturated heterocycles. The van der Waals surface area contributed by atoms with Crippen LogP contribution in [0.2, 0.25) is 0 Å². The van der Waals surface area contributed by atoms with E-state index in [1.54, 1.807) is 4.68 Å². The van der Waals surface area contributed by atoms with Crippen LogP contribution in [0, 0.1) is 11.8 Å². The Balaban J connectivity index is 1.82. The molecule has 1 aliphatic rings. The summed E-state index contributed by atoms with van der Waals surface area (Å²) in [6, 6.07) is 8.92. The van der Waals surface area contributed by atoms with Crippen molar-refractivity contribution in [2.24, 2.45) is 18.9 Å². The molecule has 5 nitrogen and oxygen atoms in total. The van der Waals surface area contributed by atoms with E-state index in [4.69, 9.17) is 0 Å². The minimum absolute atomic E-state index is 0.548. The lowest BCUT2D eigenvalue weighted by atomic mass is 9.78. The highest BCUT2D eigenvalue weighted by Gasteiger charge is 2.27. The number of aromatic nitrogens is 4. The minimum Gasteiger partial charge on any atom is -0.382 e. The molecule has 3 rings (SSSR count). The molecule has 0 spiro atoms. The molecule has 2 aromatic rings. The Kier molecular flexibility index (Phi) is 3.90. The van der Waals surface area contributed by atoms with Crippen molar-refractivity contribution in [2.45, 2.75) is 39.2 Å². The van der Waals surface area contributed by atoms with E-state index in [1.165, 1.54) is 19.3 Å². The Morgan fingerprint density at radius 3 is 2.62 bits per heavy atom. The summed E-state index contributed by atoms with van der Waals surface area (Å²) in [7, 11) is 1.86. The van der Waals surface area contributed by atoms with Gasteiger partial charge in [0.1, 0.15) is 0 Å². The monoisotopic (exact) mass is 285 g/mol. The fraction of sp³-hybridized carbons (Fsp3) is 0.562. The van der Waals surface area contributed by atoms with E-state index in [1.807, 2.05) is 13.1 Å². The molecule has 2 unspecified atom stereocenters. The number of hydrogen-bond donors (Lipinski definition) is 1. The third kappa shape index (κ3) is 2.91. The molecular weight excluding hydrogens is 262 g/mol. The largest absolute Gasteiger partial charge is 0.382 e. The van der Waals surface area contributed by atoms with Gasteiger partial charge in [-0.3, -0.25) is 0 Å². The molecular formula is C16H23N5. The second-order valence-electron chi connectivity index (χ2n) is 6.26. The number of rotatable bonds is 3. The first-order chi connectivity index (χ1) is 10.1. The van der Waals surface area contributed by atoms with E-state index in [2.05, 4.69) is 52.9 Å². The maximum Gasteiger partial charge on any atom is 0.181 e. The Morgan fingerprint density at radius 2 is 1.95 bits per heavy atom. The standard InChI is InChI=1S/C16H23N5/c1-11-6-4-7-12(2)15(11)17-14-9-5-8-13(10-14)16-18-19-20-21(16)3/h5,8-12,15,17H,4,6-7H2,1-3H3. The number of benzene rings is 1. The molecule has 1 N–H and O–H groups in total. The van der Waals surface area contributed by atoms with Crippen LogP contribution in [0.15, 0.2) is 24.3 Å². The molecule has 112 valence electrons. The highest BCUT2D eigenvalue weighted by Crippen LogP contribution is 2.32. The molecule has 1 aromatic heterocycles. The van der Waals surface area contributed by atoms with Crippen molar-refractivity contribution >= 4 is 5.69 Å². The summed E-state index contributed by atoms with van der Waals surface area (Å²) in [6.07, 6.45) is 3.98. The van der Waals surface area contributed by atoms with Gasteiger partial charge in [0.05, 0.1) is 0 Å². The Morgan fingerprint density at radius 1 is 1.19 bits per heavy atom. The third-order valence-electron chi connectivity index (χ3n) is 4.62. The molecule has 0 bridgehead atoms. The van der Waals surface area contributed by atoms with E-state index in [-0.39, 0.29) is 0 Å². The van der Waals surface area contributed by atoms with E-state index >= 15 is 0 Å². The first-order valence-corrected chi connectivity index (χ1v) is 7.74. The summed E-state index contributed by atoms with van der Waals surface area (Å²) in [5.74, 6) is 2.23. The first-order valence-electron chi connectivity index (χ1n) is 7.74. The van der Waals surface area contributed by atoms with Crippen LogP contribution in [0.1, 0.15) is 33.1 Å². The fourth-order valence-corrected chi connectivity index (χ4v) is 3.38. The van der Waals surface area contributed by atoms with Gasteiger partial charge in [0.2, 0.25) is 0 Å². The van der Waals surface area contributed by atoms with E-state index in [9.17, 15) is 0 Å². The molecule has 1 aliphatic carbocycles. The van der Waals surface area contributed by atoms with Crippen LogP contribution < -0.4 is 5.32 Å². The smallest absolute Gasteiger partial charge is 0.181 e. The van der Waals surface area contributed by atoms with Gasteiger partial charge in [0, 0.05) is 24.3 Å². The second kappa shape index (κ2) is 5.84. The number of tetrazole rings is 1. The highest BCUT2D eigenvalue weighted by atomic mass is 15.5. The average Bonchev–Trinajstić information content (AvgIpc) is 2.90. The molecule has 0 aliphatic heterocycles. The SMILES string of the molecule is CC1CCCC(C)C1Nc1cccc(-c2nnnn2C)c1. The zero-order valence-electron chi connectivity index (χ0n) is 13.0. The number of nitrogens with one attached hydrogen (secondary N) is 1. The maximum atomic E-state index is 4.08. The topological polar surface area (TPSA) is 55.6 Å². The van der Waals surface area contributed by atoms with Crippen molar-refractivity contribution in [3.8, 4) is 11.4 Å². The summed E-state index contributed by atoms with van der Waals surface area (Å²) >= 11 is 0. The molecule has 1 aromatic carbocycles. The number of anilines is 1. The molecule has 0 amide bonds. The van der Waals surface area contributed by atoms with E-state index in [0.29, 0.717) is 17.9 Å². The van der Waals surface area contributed by atoms with Crippen LogP contribution in [0.4, 0.5) is 5.69 Å². The molecule has 1 heterocycles. The quantitative estimate of drug-likeness (QED) is 0.941. The van der Waals surface area contributed by atoms with Crippen molar-refractivity contribution in [3.05, 3.63) is 24.3 Å². The van der Waals surface area contributed by atoms with Gasteiger partial charge in [-0.15, -0.1) is 5.10 Å². The molecule has 1 saturated carbocycles. The second-order valence-corrected chi connectivity index (χ2v) is 6.26. The lowest BCUT2D eigenvalue weighted by Gasteiger charge is -2.36. The van der Waals surface area contributed by atoms with Gasteiger partial charge in [-0.25, -0.2) is 4.68 Å². The molecule has 0 radical (unpaired) electrons. The average molecular weight is 285 g/mol. The van der Waals surface area contributed by atoms with E-state index in [0.717, 1.165) is 17.1 Å². The summed E-state index contributed by atoms with van der Waals surface area (Å²) in [5, 5.41) is 15.4. The summed E-state index contributed by atoms with van der Waals surface area (Å²) in [4.78, 5) is 0. The van der Waals surface area contributed by atoms with Gasteiger partial charge in [-0.2, -0.15) is 0 Å². The number of hydrogen-bond acceptors (Lipinski definition) is 4. The van der Waals surface area contributed by atoms with Crippen LogP contribution in [-0.4, -0.2) is 26.2 Å². The van der Waals surface area contributed by atoms with Gasteiger partial charge in [0.15, 0.2) is 5.82 Å². The summed E-state index contributed by atoms with van der Waals surface area (Å²) in [6.45, 7) is 4.70. The Bertz CT molecular complexity index is 596. The van der Waals surface area contributed by atoms with Gasteiger partial charge in [0.25, 0.3) is 0 Å². The number of nitrogens with zero attached hydrogens (tertiary/aromatic N) is 4. The van der Waals surface area contributed by atoms with Crippen LogP contribution in [-0.2, 0) is 7.05 Å². The summed E-state index contributed by atoms with van der Waals surface area (Å²) < 4.78 is 1.70. The lowest BCUT2D eigenvalue weighted by Crippen LogP contribution is -2.37.